The van der Waals surface area contributed by atoms with Crippen LogP contribution in [0.5, 0.6) is 5.75 Å². The van der Waals surface area contributed by atoms with E-state index in [1.165, 1.54) is 6.07 Å². The summed E-state index contributed by atoms with van der Waals surface area (Å²) in [7, 11) is 0. The zero-order valence-electron chi connectivity index (χ0n) is 23.7. The summed E-state index contributed by atoms with van der Waals surface area (Å²) in [5.41, 5.74) is 1.47. The molecule has 8 N–H and O–H groups in total. The fourth-order valence-electron chi connectivity index (χ4n) is 7.55. The summed E-state index contributed by atoms with van der Waals surface area (Å²) in [6.07, 6.45) is -0.184. The molecule has 1 saturated carbocycles. The fourth-order valence-corrected chi connectivity index (χ4v) is 9.09. The zero-order chi connectivity index (χ0) is 31.7. The van der Waals surface area contributed by atoms with Gasteiger partial charge in [-0.15, -0.1) is 0 Å². The number of unbranched alkanes of at least 4 members (excludes halogenated alkanes) is 1. The lowest BCUT2D eigenvalue weighted by Gasteiger charge is -2.51. The van der Waals surface area contributed by atoms with Crippen LogP contribution in [0.3, 0.4) is 0 Å². The average Bonchev–Trinajstić information content (AvgIpc) is 3.51. The molecule has 0 spiro atoms. The van der Waals surface area contributed by atoms with Crippen LogP contribution in [0.1, 0.15) is 56.1 Å². The number of ketones is 2. The Balaban J connectivity index is 1.29. The van der Waals surface area contributed by atoms with E-state index in [0.29, 0.717) is 18.4 Å². The van der Waals surface area contributed by atoms with Crippen molar-refractivity contribution < 1.29 is 49.1 Å². The zero-order valence-corrected chi connectivity index (χ0v) is 24.6. The summed E-state index contributed by atoms with van der Waals surface area (Å²) in [6.45, 7) is 1.70. The lowest BCUT2D eigenvalue weighted by Crippen LogP contribution is -2.64. The van der Waals surface area contributed by atoms with Gasteiger partial charge in [0, 0.05) is 41.3 Å². The van der Waals surface area contributed by atoms with Gasteiger partial charge >= 0.3 is 12.0 Å². The van der Waals surface area contributed by atoms with Crippen molar-refractivity contribution in [1.29, 1.82) is 0 Å². The largest absolute Gasteiger partial charge is 0.508 e. The summed E-state index contributed by atoms with van der Waals surface area (Å²) in [5, 5.41) is 50.7. The highest BCUT2D eigenvalue weighted by molar-refractivity contribution is 8.00. The number of primary amides is 1. The van der Waals surface area contributed by atoms with Crippen LogP contribution >= 0.6 is 11.8 Å². The number of amides is 3. The third kappa shape index (κ3) is 4.45. The van der Waals surface area contributed by atoms with Crippen molar-refractivity contribution in [2.24, 2.45) is 17.6 Å². The van der Waals surface area contributed by atoms with E-state index < -0.39 is 82.0 Å². The van der Waals surface area contributed by atoms with Crippen LogP contribution in [0.15, 0.2) is 35.1 Å². The SMILES string of the molecule is C[C@H]1c2cccc(O)c2C(O)=C2C(=O)[C@]3(O)C(O)=C(C(N)=O)C(=O)C[C@@H]3[C@@H](OC(=O)CCCCC3SCC4NC(=O)NC43)[C@@H]21. The number of urea groups is 1. The highest BCUT2D eigenvalue weighted by atomic mass is 32.2. The van der Waals surface area contributed by atoms with E-state index >= 15 is 0 Å². The highest BCUT2D eigenvalue weighted by Gasteiger charge is 2.66. The highest BCUT2D eigenvalue weighted by Crippen LogP contribution is 2.56. The van der Waals surface area contributed by atoms with Gasteiger partial charge in [0.2, 0.25) is 5.78 Å². The number of hydrogen-bond acceptors (Lipinski definition) is 11. The molecule has 13 nitrogen and oxygen atoms in total. The molecular formula is C30H33N3O10S. The number of rotatable bonds is 7. The van der Waals surface area contributed by atoms with Crippen molar-refractivity contribution in [2.45, 2.75) is 74.0 Å². The lowest BCUT2D eigenvalue weighted by molar-refractivity contribution is -0.178. The van der Waals surface area contributed by atoms with E-state index in [2.05, 4.69) is 10.6 Å². The summed E-state index contributed by atoms with van der Waals surface area (Å²) < 4.78 is 5.92. The molecule has 3 fully saturated rings. The standard InChI is InChI=1S/C30H33N3O10S/c1-11-12-5-4-6-15(34)20(12)24(37)22-19(11)25(13-9-16(35)21(28(31)40)26(38)30(13,42)27(22)39)43-18(36)8-3-2-7-17-23-14(10-44-17)32-29(41)33-23/h4-6,11,13-14,17,19,23,25,34,37-38,42H,2-3,7-10H2,1H3,(H2,31,40)(H2,32,33,41)/t11-,13+,14?,17?,19+,23?,25+,30+/m0/s1. The molecule has 1 aromatic carbocycles. The number of benzene rings is 1. The van der Waals surface area contributed by atoms with Crippen molar-refractivity contribution in [3.63, 3.8) is 0 Å². The van der Waals surface area contributed by atoms with Crippen molar-refractivity contribution in [1.82, 2.24) is 10.6 Å². The van der Waals surface area contributed by atoms with Gasteiger partial charge in [-0.05, 0) is 30.4 Å². The van der Waals surface area contributed by atoms with E-state index in [9.17, 15) is 44.4 Å². The number of fused-ring (bicyclic) bond motifs is 4. The van der Waals surface area contributed by atoms with Crippen LogP contribution in [0.2, 0.25) is 0 Å². The Labute approximate surface area is 255 Å². The number of nitrogens with one attached hydrogen (secondary N) is 2. The number of esters is 1. The minimum atomic E-state index is -2.90. The lowest BCUT2D eigenvalue weighted by atomic mass is 9.55. The van der Waals surface area contributed by atoms with Gasteiger partial charge < -0.3 is 41.5 Å². The van der Waals surface area contributed by atoms with E-state index in [1.807, 2.05) is 0 Å². The predicted molar refractivity (Wildman–Crippen MR) is 155 cm³/mol. The van der Waals surface area contributed by atoms with Crippen LogP contribution in [0, 0.1) is 11.8 Å². The van der Waals surface area contributed by atoms with Crippen molar-refractivity contribution in [3.8, 4) is 5.75 Å². The molecule has 6 rings (SSSR count). The van der Waals surface area contributed by atoms with Gasteiger partial charge in [0.25, 0.3) is 5.91 Å². The molecule has 234 valence electrons. The second kappa shape index (κ2) is 10.8. The molecule has 2 saturated heterocycles. The molecule has 3 amide bonds. The first-order valence-electron chi connectivity index (χ1n) is 14.5. The number of phenolic OH excluding ortho intramolecular Hbond substituents is 1. The van der Waals surface area contributed by atoms with Gasteiger partial charge in [-0.1, -0.05) is 25.5 Å². The minimum absolute atomic E-state index is 0.0276. The molecule has 0 bridgehead atoms. The Kier molecular flexibility index (Phi) is 7.39. The maximum absolute atomic E-state index is 14.0. The Morgan fingerprint density at radius 2 is 1.89 bits per heavy atom. The Morgan fingerprint density at radius 3 is 2.61 bits per heavy atom. The maximum Gasteiger partial charge on any atom is 0.315 e. The molecular weight excluding hydrogens is 594 g/mol. The van der Waals surface area contributed by atoms with Crippen LogP contribution in [0.25, 0.3) is 5.76 Å². The smallest absolute Gasteiger partial charge is 0.315 e. The molecule has 8 atom stereocenters. The number of thioether (sulfide) groups is 1. The molecule has 0 aromatic heterocycles. The van der Waals surface area contributed by atoms with Gasteiger partial charge in [-0.2, -0.15) is 11.8 Å². The van der Waals surface area contributed by atoms with Gasteiger partial charge in [0.05, 0.1) is 17.6 Å². The van der Waals surface area contributed by atoms with Crippen LogP contribution < -0.4 is 16.4 Å². The first kappa shape index (κ1) is 30.0. The van der Waals surface area contributed by atoms with E-state index in [0.717, 1.165) is 12.2 Å². The number of ether oxygens (including phenoxy) is 1. The normalized spacial score (nSPS) is 34.0. The molecule has 2 heterocycles. The molecule has 44 heavy (non-hydrogen) atoms. The summed E-state index contributed by atoms with van der Waals surface area (Å²) in [4.78, 5) is 63.9. The minimum Gasteiger partial charge on any atom is -0.508 e. The monoisotopic (exact) mass is 627 g/mol. The number of carbonyl (C=O) groups excluding carboxylic acids is 5. The summed E-state index contributed by atoms with van der Waals surface area (Å²) >= 11 is 1.75. The van der Waals surface area contributed by atoms with Crippen molar-refractivity contribution >= 4 is 47.0 Å². The summed E-state index contributed by atoms with van der Waals surface area (Å²) in [5.74, 6) is -8.74. The van der Waals surface area contributed by atoms with Gasteiger partial charge in [0.15, 0.2) is 11.4 Å². The fraction of sp³-hybridized carbons (Fsp3) is 0.500. The van der Waals surface area contributed by atoms with Gasteiger partial charge in [-0.3, -0.25) is 19.2 Å². The molecule has 0 radical (unpaired) electrons. The van der Waals surface area contributed by atoms with E-state index in [4.69, 9.17) is 10.5 Å². The number of Topliss-reactive ketones (excluding diaryl/α,β-unsaturated/α-hetero) is 2. The second-order valence-electron chi connectivity index (χ2n) is 12.1. The van der Waals surface area contributed by atoms with Gasteiger partial charge in [0.1, 0.15) is 28.9 Å². The second-order valence-corrected chi connectivity index (χ2v) is 13.3. The molecule has 5 aliphatic rings. The first-order chi connectivity index (χ1) is 20.9. The number of aliphatic hydroxyl groups is 3. The van der Waals surface area contributed by atoms with Crippen LogP contribution in [0.4, 0.5) is 4.79 Å². The molecule has 14 heteroatoms. The molecule has 2 aliphatic heterocycles. The number of nitrogens with two attached hydrogens (primary N) is 1. The van der Waals surface area contributed by atoms with Crippen LogP contribution in [-0.2, 0) is 23.9 Å². The van der Waals surface area contributed by atoms with Crippen molar-refractivity contribution in [3.05, 3.63) is 46.2 Å². The average molecular weight is 628 g/mol. The maximum atomic E-state index is 14.0. The van der Waals surface area contributed by atoms with Crippen molar-refractivity contribution in [2.75, 3.05) is 5.75 Å². The summed E-state index contributed by atoms with van der Waals surface area (Å²) in [6, 6.07) is 4.44. The number of phenols is 1. The third-order valence-corrected chi connectivity index (χ3v) is 11.2. The van der Waals surface area contributed by atoms with E-state index in [1.54, 1.807) is 30.8 Å². The quantitative estimate of drug-likeness (QED) is 0.0985. The molecule has 3 aliphatic carbocycles. The van der Waals surface area contributed by atoms with Gasteiger partial charge in [-0.25, -0.2) is 4.79 Å². The Morgan fingerprint density at radius 1 is 1.14 bits per heavy atom. The predicted octanol–water partition coefficient (Wildman–Crippen LogP) is 1.23. The van der Waals surface area contributed by atoms with E-state index in [-0.39, 0.29) is 41.1 Å². The molecule has 1 aromatic rings. The first-order valence-corrected chi connectivity index (χ1v) is 15.6. The number of aliphatic hydroxyl groups excluding tert-OH is 2. The number of aromatic hydroxyl groups is 1. The number of carbonyl (C=O) groups is 5. The number of hydrogen-bond donors (Lipinski definition) is 7. The molecule has 3 unspecified atom stereocenters. The Hall–Kier alpha value is -4.04. The van der Waals surface area contributed by atoms with Crippen LogP contribution in [-0.4, -0.2) is 84.7 Å². The third-order valence-electron chi connectivity index (χ3n) is 9.66. The Bertz CT molecular complexity index is 1550. The topological polar surface area (TPSA) is 226 Å².